The number of nitrogens with one attached hydrogen (secondary N) is 2. The third-order valence-electron chi connectivity index (χ3n) is 6.21. The zero-order valence-electron chi connectivity index (χ0n) is 15.1. The van der Waals surface area contributed by atoms with Gasteiger partial charge in [-0.3, -0.25) is 14.4 Å². The Bertz CT molecular complexity index is 956. The second-order valence-corrected chi connectivity index (χ2v) is 7.81. The summed E-state index contributed by atoms with van der Waals surface area (Å²) in [5.41, 5.74) is 1.76. The third kappa shape index (κ3) is 2.76. The van der Waals surface area contributed by atoms with Crippen LogP contribution in [0.15, 0.2) is 54.6 Å². The maximum atomic E-state index is 12.9. The molecule has 0 spiro atoms. The van der Waals surface area contributed by atoms with Gasteiger partial charge >= 0.3 is 5.97 Å². The van der Waals surface area contributed by atoms with Crippen LogP contribution in [0.2, 0.25) is 0 Å². The summed E-state index contributed by atoms with van der Waals surface area (Å²) in [4.78, 5) is 37.3. The van der Waals surface area contributed by atoms with E-state index in [2.05, 4.69) is 10.6 Å². The van der Waals surface area contributed by atoms with E-state index in [9.17, 15) is 14.4 Å². The lowest BCUT2D eigenvalue weighted by Crippen LogP contribution is -2.35. The van der Waals surface area contributed by atoms with Crippen molar-refractivity contribution in [2.24, 2.45) is 23.7 Å². The number of carbonyl (C=O) groups excluding carboxylic acids is 3. The van der Waals surface area contributed by atoms with Crippen LogP contribution in [0.3, 0.4) is 0 Å². The Labute approximate surface area is 162 Å². The van der Waals surface area contributed by atoms with Gasteiger partial charge in [0.1, 0.15) is 6.10 Å². The van der Waals surface area contributed by atoms with E-state index in [-0.39, 0.29) is 47.6 Å². The van der Waals surface area contributed by atoms with Gasteiger partial charge in [-0.05, 0) is 49.1 Å². The Hall–Kier alpha value is -3.15. The van der Waals surface area contributed by atoms with E-state index in [1.807, 2.05) is 6.07 Å². The van der Waals surface area contributed by atoms with Crippen molar-refractivity contribution in [2.75, 3.05) is 10.6 Å². The molecule has 2 saturated carbocycles. The molecule has 0 radical (unpaired) electrons. The normalized spacial score (nSPS) is 29.4. The molecule has 142 valence electrons. The summed E-state index contributed by atoms with van der Waals surface area (Å²) in [6.07, 6.45) is 1.70. The van der Waals surface area contributed by atoms with Crippen molar-refractivity contribution in [1.82, 2.24) is 0 Å². The molecule has 2 aliphatic carbocycles. The van der Waals surface area contributed by atoms with Gasteiger partial charge < -0.3 is 15.4 Å². The molecular formula is C22H20N2O4. The summed E-state index contributed by atoms with van der Waals surface area (Å²) in [7, 11) is 0. The number of benzene rings is 2. The Balaban J connectivity index is 1.29. The molecule has 1 aliphatic heterocycles. The molecule has 0 unspecified atom stereocenters. The highest BCUT2D eigenvalue weighted by atomic mass is 16.6. The van der Waals surface area contributed by atoms with Crippen LogP contribution >= 0.6 is 0 Å². The van der Waals surface area contributed by atoms with Crippen molar-refractivity contribution in [3.63, 3.8) is 0 Å². The van der Waals surface area contributed by atoms with Crippen LogP contribution < -0.4 is 10.6 Å². The topological polar surface area (TPSA) is 84.5 Å². The first kappa shape index (κ1) is 17.0. The Morgan fingerprint density at radius 1 is 0.929 bits per heavy atom. The van der Waals surface area contributed by atoms with Crippen LogP contribution in [0.1, 0.15) is 23.2 Å². The van der Waals surface area contributed by atoms with Crippen molar-refractivity contribution >= 4 is 29.2 Å². The number of hydrogen-bond donors (Lipinski definition) is 2. The highest BCUT2D eigenvalue weighted by Gasteiger charge is 2.63. The fraction of sp³-hybridized carbons (Fsp3) is 0.318. The molecule has 5 atom stereocenters. The largest absolute Gasteiger partial charge is 0.462 e. The average molecular weight is 376 g/mol. The van der Waals surface area contributed by atoms with Crippen LogP contribution in [0.5, 0.6) is 0 Å². The fourth-order valence-electron chi connectivity index (χ4n) is 5.06. The van der Waals surface area contributed by atoms with Gasteiger partial charge in [0, 0.05) is 22.9 Å². The number of fused-ring (bicyclic) bond motifs is 1. The average Bonchev–Trinajstić information content (AvgIpc) is 3.31. The van der Waals surface area contributed by atoms with Crippen molar-refractivity contribution < 1.29 is 19.1 Å². The van der Waals surface area contributed by atoms with E-state index in [0.717, 1.165) is 12.8 Å². The standard InChI is InChI=1S/C22H20N2O4/c25-20(12-5-2-1-3-6-12)23-14-7-4-8-15(11-14)24-21(26)18-13-9-16-17(10-13)28-22(27)19(16)18/h1-8,11,13,16-19H,9-10H2,(H,23,25)(H,24,26)/t13-,16+,17+,18-,19-/m1/s1. The van der Waals surface area contributed by atoms with E-state index < -0.39 is 0 Å². The molecule has 0 aromatic heterocycles. The van der Waals surface area contributed by atoms with Crippen LogP contribution in [0.4, 0.5) is 11.4 Å². The molecule has 6 heteroatoms. The van der Waals surface area contributed by atoms with Gasteiger partial charge in [0.15, 0.2) is 0 Å². The van der Waals surface area contributed by atoms with Gasteiger partial charge in [0.2, 0.25) is 5.91 Å². The van der Waals surface area contributed by atoms with Gasteiger partial charge in [-0.1, -0.05) is 24.3 Å². The lowest BCUT2D eigenvalue weighted by atomic mass is 9.79. The van der Waals surface area contributed by atoms with E-state index >= 15 is 0 Å². The quantitative estimate of drug-likeness (QED) is 0.803. The zero-order chi connectivity index (χ0) is 19.3. The molecule has 28 heavy (non-hydrogen) atoms. The second-order valence-electron chi connectivity index (χ2n) is 7.81. The van der Waals surface area contributed by atoms with Gasteiger partial charge in [0.25, 0.3) is 5.91 Å². The Kier molecular flexibility index (Phi) is 3.93. The van der Waals surface area contributed by atoms with Gasteiger partial charge in [-0.15, -0.1) is 0 Å². The highest BCUT2D eigenvalue weighted by Crippen LogP contribution is 2.57. The van der Waals surface area contributed by atoms with Crippen molar-refractivity contribution in [3.8, 4) is 0 Å². The van der Waals surface area contributed by atoms with Crippen molar-refractivity contribution in [2.45, 2.75) is 18.9 Å². The monoisotopic (exact) mass is 376 g/mol. The summed E-state index contributed by atoms with van der Waals surface area (Å²) in [6, 6.07) is 16.0. The van der Waals surface area contributed by atoms with Crippen LogP contribution in [0, 0.1) is 23.7 Å². The molecule has 3 aliphatic rings. The molecular weight excluding hydrogens is 356 g/mol. The molecule has 6 nitrogen and oxygen atoms in total. The minimum absolute atomic E-state index is 0.0167. The maximum absolute atomic E-state index is 12.9. The van der Waals surface area contributed by atoms with Crippen LogP contribution in [-0.2, 0) is 14.3 Å². The van der Waals surface area contributed by atoms with E-state index in [1.165, 1.54) is 0 Å². The molecule has 1 saturated heterocycles. The summed E-state index contributed by atoms with van der Waals surface area (Å²) in [6.45, 7) is 0. The van der Waals surface area contributed by atoms with Crippen LogP contribution in [-0.4, -0.2) is 23.9 Å². The van der Waals surface area contributed by atoms with Gasteiger partial charge in [-0.2, -0.15) is 0 Å². The maximum Gasteiger partial charge on any atom is 0.310 e. The number of rotatable bonds is 4. The van der Waals surface area contributed by atoms with Gasteiger partial charge in [-0.25, -0.2) is 0 Å². The molecule has 3 fully saturated rings. The highest BCUT2D eigenvalue weighted by molar-refractivity contribution is 6.04. The van der Waals surface area contributed by atoms with E-state index in [4.69, 9.17) is 4.74 Å². The number of esters is 1. The molecule has 2 aromatic carbocycles. The minimum Gasteiger partial charge on any atom is -0.462 e. The SMILES string of the molecule is O=C(Nc1cccc(NC(=O)[C@@H]2[C@@H]3C[C@@H]4[C@H]2C(=O)O[C@H]4C3)c1)c1ccccc1. The van der Waals surface area contributed by atoms with Gasteiger partial charge in [0.05, 0.1) is 11.8 Å². The third-order valence-corrected chi connectivity index (χ3v) is 6.21. The first-order chi connectivity index (χ1) is 13.6. The lowest BCUT2D eigenvalue weighted by Gasteiger charge is -2.23. The minimum atomic E-state index is -0.321. The van der Waals surface area contributed by atoms with E-state index in [1.54, 1.807) is 48.5 Å². The number of hydrogen-bond acceptors (Lipinski definition) is 4. The number of anilines is 2. The predicted molar refractivity (Wildman–Crippen MR) is 103 cm³/mol. The number of carbonyl (C=O) groups is 3. The molecule has 5 rings (SSSR count). The molecule has 2 aromatic rings. The molecule has 2 amide bonds. The Morgan fingerprint density at radius 2 is 1.68 bits per heavy atom. The first-order valence-corrected chi connectivity index (χ1v) is 9.58. The number of ether oxygens (including phenoxy) is 1. The van der Waals surface area contributed by atoms with Crippen molar-refractivity contribution in [1.29, 1.82) is 0 Å². The summed E-state index contributed by atoms with van der Waals surface area (Å²) < 4.78 is 5.41. The van der Waals surface area contributed by atoms with E-state index in [0.29, 0.717) is 16.9 Å². The summed E-state index contributed by atoms with van der Waals surface area (Å²) in [5, 5.41) is 5.77. The predicted octanol–water partition coefficient (Wildman–Crippen LogP) is 3.08. The Morgan fingerprint density at radius 3 is 2.46 bits per heavy atom. The molecule has 1 heterocycles. The fourth-order valence-corrected chi connectivity index (χ4v) is 5.06. The smallest absolute Gasteiger partial charge is 0.310 e. The van der Waals surface area contributed by atoms with Crippen LogP contribution in [0.25, 0.3) is 0 Å². The summed E-state index contributed by atoms with van der Waals surface area (Å²) in [5.74, 6) is -0.780. The molecule has 2 N–H and O–H groups in total. The van der Waals surface area contributed by atoms with Crippen molar-refractivity contribution in [3.05, 3.63) is 60.2 Å². The number of amides is 2. The summed E-state index contributed by atoms with van der Waals surface area (Å²) >= 11 is 0. The molecule has 2 bridgehead atoms. The first-order valence-electron chi connectivity index (χ1n) is 9.58. The zero-order valence-corrected chi connectivity index (χ0v) is 15.1. The second kappa shape index (κ2) is 6.48. The lowest BCUT2D eigenvalue weighted by molar-refractivity contribution is -0.145.